The Bertz CT molecular complexity index is 1360. The number of hydrazone groups is 1. The predicted molar refractivity (Wildman–Crippen MR) is 125 cm³/mol. The van der Waals surface area contributed by atoms with Gasteiger partial charge < -0.3 is 0 Å². The summed E-state index contributed by atoms with van der Waals surface area (Å²) in [6.07, 6.45) is 2.68. The van der Waals surface area contributed by atoms with Crippen LogP contribution in [0.15, 0.2) is 72.0 Å². The number of carbonyl (C=O) groups is 1. The monoisotopic (exact) mass is 468 g/mol. The van der Waals surface area contributed by atoms with E-state index < -0.39 is 0 Å². The standard InChI is InChI=1S/C23H15Cl3N4O/c24-15-7-1-2-9-18(15)30-20(31)12-11-17(28-30)23-22(14-6-5-8-16(25)21(14)26)27-19-10-3-4-13-29(19)23/h1-10,13H,11-12H2. The highest BCUT2D eigenvalue weighted by atomic mass is 35.5. The molecule has 0 saturated carbocycles. The summed E-state index contributed by atoms with van der Waals surface area (Å²) in [4.78, 5) is 17.5. The quantitative estimate of drug-likeness (QED) is 0.344. The van der Waals surface area contributed by atoms with Gasteiger partial charge in [-0.05, 0) is 30.3 Å². The molecular formula is C23H15Cl3N4O. The maximum atomic E-state index is 12.7. The summed E-state index contributed by atoms with van der Waals surface area (Å²) in [5.74, 6) is -0.118. The maximum absolute atomic E-state index is 12.7. The van der Waals surface area contributed by atoms with Gasteiger partial charge in [0.2, 0.25) is 5.91 Å². The summed E-state index contributed by atoms with van der Waals surface area (Å²) in [5.41, 5.74) is 4.13. The van der Waals surface area contributed by atoms with E-state index >= 15 is 0 Å². The van der Waals surface area contributed by atoms with Crippen molar-refractivity contribution in [1.82, 2.24) is 9.38 Å². The second-order valence-electron chi connectivity index (χ2n) is 7.04. The Morgan fingerprint density at radius 3 is 2.45 bits per heavy atom. The smallest absolute Gasteiger partial charge is 0.247 e. The van der Waals surface area contributed by atoms with Gasteiger partial charge in [-0.3, -0.25) is 9.20 Å². The van der Waals surface area contributed by atoms with Crippen LogP contribution in [0.5, 0.6) is 0 Å². The van der Waals surface area contributed by atoms with Gasteiger partial charge in [-0.2, -0.15) is 10.1 Å². The van der Waals surface area contributed by atoms with Gasteiger partial charge in [0, 0.05) is 24.6 Å². The fourth-order valence-corrected chi connectivity index (χ4v) is 4.29. The highest BCUT2D eigenvalue weighted by Crippen LogP contribution is 2.37. The topological polar surface area (TPSA) is 50.0 Å². The number of hydrogen-bond donors (Lipinski definition) is 0. The Morgan fingerprint density at radius 2 is 1.61 bits per heavy atom. The molecule has 0 spiro atoms. The number of rotatable bonds is 3. The average molecular weight is 470 g/mol. The van der Waals surface area contributed by atoms with Crippen LogP contribution in [-0.2, 0) is 4.79 Å². The van der Waals surface area contributed by atoms with Crippen molar-refractivity contribution < 1.29 is 4.79 Å². The Morgan fingerprint density at radius 1 is 0.839 bits per heavy atom. The molecule has 31 heavy (non-hydrogen) atoms. The Balaban J connectivity index is 1.75. The first-order valence-corrected chi connectivity index (χ1v) is 10.7. The number of amides is 1. The molecule has 2 aromatic heterocycles. The van der Waals surface area contributed by atoms with Crippen LogP contribution in [0.3, 0.4) is 0 Å². The Labute approximate surface area is 193 Å². The van der Waals surface area contributed by atoms with E-state index in [9.17, 15) is 4.79 Å². The first-order valence-electron chi connectivity index (χ1n) is 9.61. The largest absolute Gasteiger partial charge is 0.298 e. The number of hydrogen-bond acceptors (Lipinski definition) is 3. The van der Waals surface area contributed by atoms with Gasteiger partial charge in [-0.25, -0.2) is 4.98 Å². The highest BCUT2D eigenvalue weighted by molar-refractivity contribution is 6.43. The van der Waals surface area contributed by atoms with E-state index in [0.29, 0.717) is 50.6 Å². The first-order chi connectivity index (χ1) is 15.0. The van der Waals surface area contributed by atoms with Gasteiger partial charge >= 0.3 is 0 Å². The number of pyridine rings is 1. The second-order valence-corrected chi connectivity index (χ2v) is 8.24. The zero-order valence-corrected chi connectivity index (χ0v) is 18.4. The molecule has 3 heterocycles. The molecule has 0 radical (unpaired) electrons. The number of anilines is 1. The minimum absolute atomic E-state index is 0.118. The minimum atomic E-state index is -0.118. The number of para-hydroxylation sites is 1. The lowest BCUT2D eigenvalue weighted by atomic mass is 10.0. The number of carbonyl (C=O) groups excluding carboxylic acids is 1. The van der Waals surface area contributed by atoms with Crippen molar-refractivity contribution in [3.63, 3.8) is 0 Å². The van der Waals surface area contributed by atoms with Crippen LogP contribution in [0.25, 0.3) is 16.9 Å². The van der Waals surface area contributed by atoms with E-state index in [1.807, 2.05) is 53.1 Å². The van der Waals surface area contributed by atoms with E-state index in [1.165, 1.54) is 5.01 Å². The second kappa shape index (κ2) is 8.00. The molecule has 0 N–H and O–H groups in total. The van der Waals surface area contributed by atoms with Crippen molar-refractivity contribution in [1.29, 1.82) is 0 Å². The molecule has 1 amide bonds. The van der Waals surface area contributed by atoms with Gasteiger partial charge in [0.1, 0.15) is 11.3 Å². The van der Waals surface area contributed by atoms with E-state index in [1.54, 1.807) is 18.2 Å². The molecule has 1 aliphatic rings. The number of fused-ring (bicyclic) bond motifs is 1. The summed E-state index contributed by atoms with van der Waals surface area (Å²) in [7, 11) is 0. The predicted octanol–water partition coefficient (Wildman–Crippen LogP) is 6.49. The average Bonchev–Trinajstić information content (AvgIpc) is 3.16. The van der Waals surface area contributed by atoms with E-state index in [4.69, 9.17) is 44.9 Å². The highest BCUT2D eigenvalue weighted by Gasteiger charge is 2.28. The zero-order valence-electron chi connectivity index (χ0n) is 16.1. The summed E-state index contributed by atoms with van der Waals surface area (Å²) in [6.45, 7) is 0. The van der Waals surface area contributed by atoms with Crippen LogP contribution in [0.2, 0.25) is 15.1 Å². The lowest BCUT2D eigenvalue weighted by molar-refractivity contribution is -0.118. The lowest BCUT2D eigenvalue weighted by Gasteiger charge is -2.24. The van der Waals surface area contributed by atoms with Crippen LogP contribution >= 0.6 is 34.8 Å². The van der Waals surface area contributed by atoms with Crippen molar-refractivity contribution in [2.45, 2.75) is 12.8 Å². The molecule has 5 nitrogen and oxygen atoms in total. The number of benzene rings is 2. The molecule has 0 atom stereocenters. The van der Waals surface area contributed by atoms with E-state index in [0.717, 1.165) is 11.3 Å². The van der Waals surface area contributed by atoms with E-state index in [2.05, 4.69) is 0 Å². The SMILES string of the molecule is O=C1CCC(c2c(-c3cccc(Cl)c3Cl)nc3ccccn23)=NN1c1ccccc1Cl. The molecule has 5 rings (SSSR count). The molecule has 0 unspecified atom stereocenters. The zero-order chi connectivity index (χ0) is 21.5. The van der Waals surface area contributed by atoms with Crippen LogP contribution in [-0.4, -0.2) is 21.0 Å². The number of aromatic nitrogens is 2. The maximum Gasteiger partial charge on any atom is 0.247 e. The lowest BCUT2D eigenvalue weighted by Crippen LogP contribution is -2.32. The summed E-state index contributed by atoms with van der Waals surface area (Å²) >= 11 is 19.2. The molecular weight excluding hydrogens is 455 g/mol. The molecule has 0 saturated heterocycles. The van der Waals surface area contributed by atoms with Gasteiger partial charge in [-0.1, -0.05) is 65.1 Å². The molecule has 1 aliphatic heterocycles. The van der Waals surface area contributed by atoms with Crippen molar-refractivity contribution in [3.05, 3.63) is 87.6 Å². The molecule has 4 aromatic rings. The number of imidazole rings is 1. The van der Waals surface area contributed by atoms with Gasteiger partial charge in [0.15, 0.2) is 0 Å². The van der Waals surface area contributed by atoms with E-state index in [-0.39, 0.29) is 5.91 Å². The van der Waals surface area contributed by atoms with Crippen LogP contribution < -0.4 is 5.01 Å². The fraction of sp³-hybridized carbons (Fsp3) is 0.0870. The molecule has 0 fully saturated rings. The number of halogens is 3. The molecule has 0 aliphatic carbocycles. The summed E-state index contributed by atoms with van der Waals surface area (Å²) in [5, 5.41) is 7.39. The normalized spacial score (nSPS) is 14.2. The molecule has 0 bridgehead atoms. The first kappa shape index (κ1) is 20.1. The Kier molecular flexibility index (Phi) is 5.18. The van der Waals surface area contributed by atoms with Gasteiger partial charge in [0.05, 0.1) is 32.2 Å². The molecule has 2 aromatic carbocycles. The van der Waals surface area contributed by atoms with Gasteiger partial charge in [-0.15, -0.1) is 0 Å². The summed E-state index contributed by atoms with van der Waals surface area (Å²) < 4.78 is 1.95. The van der Waals surface area contributed by atoms with Crippen molar-refractivity contribution in [2.75, 3.05) is 5.01 Å². The van der Waals surface area contributed by atoms with Crippen molar-refractivity contribution >= 4 is 57.8 Å². The van der Waals surface area contributed by atoms with Crippen LogP contribution in [0.4, 0.5) is 5.69 Å². The third-order valence-corrected chi connectivity index (χ3v) is 6.26. The molecule has 154 valence electrons. The fourth-order valence-electron chi connectivity index (χ4n) is 3.68. The Hall–Kier alpha value is -2.86. The summed E-state index contributed by atoms with van der Waals surface area (Å²) in [6, 6.07) is 18.3. The van der Waals surface area contributed by atoms with Crippen molar-refractivity contribution in [2.24, 2.45) is 5.10 Å². The third kappa shape index (κ3) is 3.49. The van der Waals surface area contributed by atoms with Crippen LogP contribution in [0.1, 0.15) is 18.5 Å². The minimum Gasteiger partial charge on any atom is -0.298 e. The number of nitrogens with zero attached hydrogens (tertiary/aromatic N) is 4. The van der Waals surface area contributed by atoms with Crippen molar-refractivity contribution in [3.8, 4) is 11.3 Å². The van der Waals surface area contributed by atoms with Gasteiger partial charge in [0.25, 0.3) is 0 Å². The molecule has 8 heteroatoms. The van der Waals surface area contributed by atoms with Crippen LogP contribution in [0, 0.1) is 0 Å². The third-order valence-electron chi connectivity index (χ3n) is 5.12.